The van der Waals surface area contributed by atoms with Crippen LogP contribution in [-0.2, 0) is 6.54 Å². The number of para-hydroxylation sites is 1. The average Bonchev–Trinajstić information content (AvgIpc) is 2.60. The molecular formula is C20H21FNNaO4. The molecule has 1 heterocycles. The van der Waals surface area contributed by atoms with E-state index in [1.54, 1.807) is 18.2 Å². The summed E-state index contributed by atoms with van der Waals surface area (Å²) in [6.45, 7) is 5.91. The number of hydrogen-bond acceptors (Lipinski definition) is 5. The molecule has 27 heavy (non-hydrogen) atoms. The Labute approximate surface area is 180 Å². The van der Waals surface area contributed by atoms with Gasteiger partial charge in [-0.15, -0.1) is 0 Å². The summed E-state index contributed by atoms with van der Waals surface area (Å²) in [5, 5.41) is 11.3. The van der Waals surface area contributed by atoms with E-state index in [1.165, 1.54) is 18.2 Å². The fraction of sp³-hybridized carbons (Fsp3) is 0.350. The minimum Gasteiger partial charge on any atom is -0.545 e. The van der Waals surface area contributed by atoms with Crippen LogP contribution in [0.4, 0.5) is 10.1 Å². The van der Waals surface area contributed by atoms with Gasteiger partial charge in [-0.05, 0) is 36.2 Å². The molecule has 3 rings (SSSR count). The number of carbonyl (C=O) groups excluding carboxylic acids is 1. The van der Waals surface area contributed by atoms with Crippen LogP contribution in [0.3, 0.4) is 0 Å². The minimum absolute atomic E-state index is 0. The Hall–Kier alpha value is -1.76. The quantitative estimate of drug-likeness (QED) is 0.639. The number of nitrogens with zero attached hydrogens (tertiary/aromatic N) is 1. The van der Waals surface area contributed by atoms with Gasteiger partial charge in [-0.2, -0.15) is 0 Å². The molecule has 7 heteroatoms. The summed E-state index contributed by atoms with van der Waals surface area (Å²) in [7, 11) is 0. The molecule has 0 radical (unpaired) electrons. The maximum atomic E-state index is 13.8. The van der Waals surface area contributed by atoms with Crippen molar-refractivity contribution in [3.63, 3.8) is 0 Å². The molecule has 5 nitrogen and oxygen atoms in total. The van der Waals surface area contributed by atoms with Crippen molar-refractivity contribution in [2.24, 2.45) is 5.92 Å². The van der Waals surface area contributed by atoms with Crippen molar-refractivity contribution in [1.29, 1.82) is 0 Å². The number of hydrogen-bond donors (Lipinski definition) is 0. The number of benzene rings is 2. The van der Waals surface area contributed by atoms with Gasteiger partial charge >= 0.3 is 29.6 Å². The summed E-state index contributed by atoms with van der Waals surface area (Å²) in [6.07, 6.45) is 0. The first-order valence-electron chi connectivity index (χ1n) is 8.59. The van der Waals surface area contributed by atoms with Gasteiger partial charge in [0.25, 0.3) is 0 Å². The van der Waals surface area contributed by atoms with E-state index in [1.807, 2.05) is 18.7 Å². The van der Waals surface area contributed by atoms with Crippen LogP contribution < -0.4 is 49.0 Å². The molecule has 0 aromatic heterocycles. The zero-order chi connectivity index (χ0) is 18.7. The van der Waals surface area contributed by atoms with E-state index >= 15 is 0 Å². The zero-order valence-corrected chi connectivity index (χ0v) is 17.8. The second-order valence-corrected chi connectivity index (χ2v) is 6.67. The second-order valence-electron chi connectivity index (χ2n) is 6.67. The first-order chi connectivity index (χ1) is 12.5. The van der Waals surface area contributed by atoms with Gasteiger partial charge in [-0.3, -0.25) is 0 Å². The molecule has 2 aromatic rings. The number of ether oxygens (including phenoxy) is 2. The summed E-state index contributed by atoms with van der Waals surface area (Å²) in [5.74, 6) is -0.351. The smallest absolute Gasteiger partial charge is 0.545 e. The molecule has 0 amide bonds. The summed E-state index contributed by atoms with van der Waals surface area (Å²) in [5.41, 5.74) is 1.37. The largest absolute Gasteiger partial charge is 1.00 e. The van der Waals surface area contributed by atoms with E-state index in [-0.39, 0.29) is 40.9 Å². The number of anilines is 1. The van der Waals surface area contributed by atoms with Gasteiger partial charge < -0.3 is 24.3 Å². The van der Waals surface area contributed by atoms with Crippen LogP contribution in [0.1, 0.15) is 29.8 Å². The molecule has 1 aliphatic heterocycles. The molecule has 2 aromatic carbocycles. The van der Waals surface area contributed by atoms with Crippen molar-refractivity contribution in [2.45, 2.75) is 20.4 Å². The molecule has 1 aliphatic rings. The predicted octanol–water partition coefficient (Wildman–Crippen LogP) is -0.373. The summed E-state index contributed by atoms with van der Waals surface area (Å²) in [4.78, 5) is 13.3. The number of carbonyl (C=O) groups is 1. The van der Waals surface area contributed by atoms with Gasteiger partial charge in [-0.1, -0.05) is 19.9 Å². The van der Waals surface area contributed by atoms with Crippen LogP contribution in [0.2, 0.25) is 0 Å². The molecule has 0 spiro atoms. The van der Waals surface area contributed by atoms with Crippen LogP contribution in [0.25, 0.3) is 0 Å². The molecule has 0 saturated heterocycles. The molecule has 138 valence electrons. The summed E-state index contributed by atoms with van der Waals surface area (Å²) >= 11 is 0. The van der Waals surface area contributed by atoms with E-state index in [0.717, 1.165) is 0 Å². The predicted molar refractivity (Wildman–Crippen MR) is 94.1 cm³/mol. The Bertz CT molecular complexity index is 813. The third kappa shape index (κ3) is 5.15. The standard InChI is InChI=1S/C20H22FNO4.Na/c1-13(2)12-26-18-7-6-15(21)10-14(18)11-22-8-9-25-19-16(20(23)24)4-3-5-17(19)22;/h3-7,10,13H,8-9,11-12H2,1-2H3,(H,23,24);/q;+1/p-1. The molecule has 0 N–H and O–H groups in total. The van der Waals surface area contributed by atoms with Crippen molar-refractivity contribution in [3.05, 3.63) is 53.3 Å². The van der Waals surface area contributed by atoms with Gasteiger partial charge in [0.15, 0.2) is 5.75 Å². The van der Waals surface area contributed by atoms with Crippen LogP contribution in [-0.4, -0.2) is 25.7 Å². The molecule has 0 atom stereocenters. The normalized spacial score (nSPS) is 12.8. The summed E-state index contributed by atoms with van der Waals surface area (Å²) in [6, 6.07) is 9.35. The van der Waals surface area contributed by atoms with Crippen LogP contribution >= 0.6 is 0 Å². The van der Waals surface area contributed by atoms with Gasteiger partial charge in [0.2, 0.25) is 0 Å². The third-order valence-electron chi connectivity index (χ3n) is 4.12. The van der Waals surface area contributed by atoms with E-state index in [9.17, 15) is 14.3 Å². The third-order valence-corrected chi connectivity index (χ3v) is 4.12. The first-order valence-corrected chi connectivity index (χ1v) is 8.59. The zero-order valence-electron chi connectivity index (χ0n) is 15.8. The molecule has 0 unspecified atom stereocenters. The average molecular weight is 381 g/mol. The molecular weight excluding hydrogens is 360 g/mol. The topological polar surface area (TPSA) is 61.8 Å². The number of carboxylic acids is 1. The Morgan fingerprint density at radius 2 is 2.11 bits per heavy atom. The van der Waals surface area contributed by atoms with Crippen molar-refractivity contribution in [1.82, 2.24) is 0 Å². The Morgan fingerprint density at radius 1 is 1.33 bits per heavy atom. The fourth-order valence-corrected chi connectivity index (χ4v) is 2.90. The molecule has 0 aliphatic carbocycles. The van der Waals surface area contributed by atoms with Gasteiger partial charge in [-0.25, -0.2) is 4.39 Å². The molecule has 0 fully saturated rings. The monoisotopic (exact) mass is 381 g/mol. The van der Waals surface area contributed by atoms with Crippen molar-refractivity contribution in [3.8, 4) is 11.5 Å². The number of rotatable bonds is 6. The van der Waals surface area contributed by atoms with E-state index < -0.39 is 5.97 Å². The van der Waals surface area contributed by atoms with Gasteiger partial charge in [0, 0.05) is 17.7 Å². The van der Waals surface area contributed by atoms with Crippen molar-refractivity contribution >= 4 is 11.7 Å². The van der Waals surface area contributed by atoms with E-state index in [4.69, 9.17) is 9.47 Å². The van der Waals surface area contributed by atoms with Crippen LogP contribution in [0.15, 0.2) is 36.4 Å². The van der Waals surface area contributed by atoms with Gasteiger partial charge in [0.1, 0.15) is 18.2 Å². The number of aromatic carboxylic acids is 1. The maximum Gasteiger partial charge on any atom is 1.00 e. The Kier molecular flexibility index (Phi) is 7.53. The fourth-order valence-electron chi connectivity index (χ4n) is 2.90. The second kappa shape index (κ2) is 9.44. The summed E-state index contributed by atoms with van der Waals surface area (Å²) < 4.78 is 25.1. The SMILES string of the molecule is CC(C)COc1ccc(F)cc1CN1CCOc2c(C(=O)[O-])cccc21.[Na+]. The number of halogens is 1. The first kappa shape index (κ1) is 21.5. The Morgan fingerprint density at radius 3 is 2.81 bits per heavy atom. The van der Waals surface area contributed by atoms with E-state index in [2.05, 4.69) is 0 Å². The maximum absolute atomic E-state index is 13.8. The van der Waals surface area contributed by atoms with Crippen LogP contribution in [0.5, 0.6) is 11.5 Å². The number of fused-ring (bicyclic) bond motifs is 1. The molecule has 0 bridgehead atoms. The molecule has 0 saturated carbocycles. The minimum atomic E-state index is -1.28. The van der Waals surface area contributed by atoms with E-state index in [0.29, 0.717) is 55.0 Å². The number of carboxylic acid groups (broad SMARTS) is 1. The van der Waals surface area contributed by atoms with Crippen molar-refractivity contribution in [2.75, 3.05) is 24.7 Å². The Balaban J connectivity index is 0.00000261. The van der Waals surface area contributed by atoms with Crippen molar-refractivity contribution < 1.29 is 53.3 Å². The van der Waals surface area contributed by atoms with Crippen LogP contribution in [0, 0.1) is 11.7 Å². The van der Waals surface area contributed by atoms with Gasteiger partial charge in [0.05, 0.1) is 24.8 Å².